The molecule has 0 fully saturated rings. The van der Waals surface area contributed by atoms with Gasteiger partial charge in [0.05, 0.1) is 17.8 Å². The molecule has 0 atom stereocenters. The molecule has 2 rings (SSSR count). The second-order valence-electron chi connectivity index (χ2n) is 4.15. The molecule has 0 saturated carbocycles. The van der Waals surface area contributed by atoms with Crippen LogP contribution in [0.1, 0.15) is 5.56 Å². The summed E-state index contributed by atoms with van der Waals surface area (Å²) in [5, 5.41) is 6.85. The summed E-state index contributed by atoms with van der Waals surface area (Å²) in [7, 11) is 0. The van der Waals surface area contributed by atoms with E-state index in [1.54, 1.807) is 6.07 Å². The zero-order valence-electron chi connectivity index (χ0n) is 11.0. The lowest BCUT2D eigenvalue weighted by molar-refractivity contribution is -0.119. The number of hydrogen-bond donors (Lipinski definition) is 2. The van der Waals surface area contributed by atoms with Crippen molar-refractivity contribution in [1.29, 1.82) is 0 Å². The van der Waals surface area contributed by atoms with Gasteiger partial charge in [-0.25, -0.2) is 9.82 Å². The Morgan fingerprint density at radius 2 is 1.95 bits per heavy atom. The van der Waals surface area contributed by atoms with Crippen LogP contribution >= 0.6 is 11.6 Å². The first-order valence-corrected chi connectivity index (χ1v) is 6.59. The Hall–Kier alpha value is -2.40. The van der Waals surface area contributed by atoms with Gasteiger partial charge in [-0.1, -0.05) is 35.9 Å². The Kier molecular flexibility index (Phi) is 5.29. The normalized spacial score (nSPS) is 10.6. The molecule has 0 aliphatic heterocycles. The molecule has 1 amide bonds. The van der Waals surface area contributed by atoms with Crippen molar-refractivity contribution in [2.24, 2.45) is 5.10 Å². The van der Waals surface area contributed by atoms with Crippen LogP contribution in [0.3, 0.4) is 0 Å². The smallest absolute Gasteiger partial charge is 0.259 e. The summed E-state index contributed by atoms with van der Waals surface area (Å²) < 4.78 is 13.4. The highest BCUT2D eigenvalue weighted by Gasteiger charge is 2.04. The third-order valence-electron chi connectivity index (χ3n) is 2.61. The molecule has 108 valence electrons. The molecule has 2 aromatic rings. The number of para-hydroxylation sites is 1. The molecule has 2 N–H and O–H groups in total. The average molecular weight is 306 g/mol. The molecule has 0 spiro atoms. The Labute approximate surface area is 126 Å². The fourth-order valence-corrected chi connectivity index (χ4v) is 1.79. The number of hydrazone groups is 1. The van der Waals surface area contributed by atoms with Crippen molar-refractivity contribution in [3.8, 4) is 0 Å². The van der Waals surface area contributed by atoms with Crippen LogP contribution in [0.25, 0.3) is 0 Å². The van der Waals surface area contributed by atoms with Crippen molar-refractivity contribution in [3.05, 3.63) is 64.9 Å². The second-order valence-corrected chi connectivity index (χ2v) is 4.56. The minimum absolute atomic E-state index is 0.0619. The van der Waals surface area contributed by atoms with Crippen molar-refractivity contribution in [2.45, 2.75) is 0 Å². The summed E-state index contributed by atoms with van der Waals surface area (Å²) in [5.41, 5.74) is 3.26. The van der Waals surface area contributed by atoms with Crippen LogP contribution in [-0.4, -0.2) is 18.7 Å². The summed E-state index contributed by atoms with van der Waals surface area (Å²) in [6, 6.07) is 13.6. The van der Waals surface area contributed by atoms with E-state index in [0.717, 1.165) is 5.69 Å². The maximum Gasteiger partial charge on any atom is 0.259 e. The van der Waals surface area contributed by atoms with Gasteiger partial charge >= 0.3 is 0 Å². The van der Waals surface area contributed by atoms with Gasteiger partial charge in [0.1, 0.15) is 5.82 Å². The van der Waals surface area contributed by atoms with E-state index >= 15 is 0 Å². The fourth-order valence-electron chi connectivity index (χ4n) is 1.58. The van der Waals surface area contributed by atoms with Gasteiger partial charge in [0.15, 0.2) is 0 Å². The molecule has 6 heteroatoms. The van der Waals surface area contributed by atoms with Crippen molar-refractivity contribution in [3.63, 3.8) is 0 Å². The Morgan fingerprint density at radius 1 is 1.19 bits per heavy atom. The third-order valence-corrected chi connectivity index (χ3v) is 2.94. The van der Waals surface area contributed by atoms with Crippen LogP contribution in [0.4, 0.5) is 10.1 Å². The quantitative estimate of drug-likeness (QED) is 0.659. The minimum Gasteiger partial charge on any atom is -0.376 e. The van der Waals surface area contributed by atoms with Crippen LogP contribution in [0.5, 0.6) is 0 Å². The van der Waals surface area contributed by atoms with E-state index in [9.17, 15) is 9.18 Å². The fraction of sp³-hybridized carbons (Fsp3) is 0.0667. The second kappa shape index (κ2) is 7.40. The monoisotopic (exact) mass is 305 g/mol. The van der Waals surface area contributed by atoms with Gasteiger partial charge in [-0.05, 0) is 24.3 Å². The summed E-state index contributed by atoms with van der Waals surface area (Å²) in [6.45, 7) is 0.0619. The first-order chi connectivity index (χ1) is 10.2. The van der Waals surface area contributed by atoms with E-state index in [1.165, 1.54) is 18.3 Å². The molecule has 0 aliphatic rings. The number of nitrogens with one attached hydrogen (secondary N) is 2. The largest absolute Gasteiger partial charge is 0.376 e. The molecular weight excluding hydrogens is 293 g/mol. The van der Waals surface area contributed by atoms with Crippen LogP contribution in [0, 0.1) is 5.82 Å². The first-order valence-electron chi connectivity index (χ1n) is 6.21. The molecule has 0 unspecified atom stereocenters. The van der Waals surface area contributed by atoms with Crippen molar-refractivity contribution < 1.29 is 9.18 Å². The van der Waals surface area contributed by atoms with Crippen LogP contribution < -0.4 is 10.7 Å². The van der Waals surface area contributed by atoms with E-state index in [2.05, 4.69) is 15.8 Å². The predicted molar refractivity (Wildman–Crippen MR) is 82.1 cm³/mol. The summed E-state index contributed by atoms with van der Waals surface area (Å²) in [6.07, 6.45) is 1.18. The number of benzene rings is 2. The number of nitrogens with zero attached hydrogens (tertiary/aromatic N) is 1. The molecule has 21 heavy (non-hydrogen) atoms. The van der Waals surface area contributed by atoms with E-state index in [4.69, 9.17) is 11.6 Å². The van der Waals surface area contributed by atoms with E-state index in [0.29, 0.717) is 0 Å². The lowest BCUT2D eigenvalue weighted by Gasteiger charge is -2.04. The van der Waals surface area contributed by atoms with Crippen molar-refractivity contribution in [2.75, 3.05) is 11.9 Å². The molecule has 0 saturated heterocycles. The zero-order valence-corrected chi connectivity index (χ0v) is 11.8. The summed E-state index contributed by atoms with van der Waals surface area (Å²) >= 11 is 5.83. The van der Waals surface area contributed by atoms with Gasteiger partial charge in [0.2, 0.25) is 0 Å². The van der Waals surface area contributed by atoms with Gasteiger partial charge in [-0.2, -0.15) is 5.10 Å². The van der Waals surface area contributed by atoms with Crippen LogP contribution in [0.2, 0.25) is 5.02 Å². The topological polar surface area (TPSA) is 53.5 Å². The van der Waals surface area contributed by atoms with E-state index in [1.807, 2.05) is 30.3 Å². The van der Waals surface area contributed by atoms with Crippen molar-refractivity contribution >= 4 is 29.4 Å². The van der Waals surface area contributed by atoms with Crippen molar-refractivity contribution in [1.82, 2.24) is 5.43 Å². The van der Waals surface area contributed by atoms with E-state index in [-0.39, 0.29) is 23.0 Å². The number of rotatable bonds is 5. The first kappa shape index (κ1) is 15.0. The Morgan fingerprint density at radius 3 is 2.67 bits per heavy atom. The molecule has 0 heterocycles. The number of anilines is 1. The zero-order chi connectivity index (χ0) is 15.1. The molecular formula is C15H13ClFN3O. The number of carbonyl (C=O) groups excluding carboxylic acids is 1. The summed E-state index contributed by atoms with van der Waals surface area (Å²) in [5.74, 6) is -0.842. The number of hydrogen-bond acceptors (Lipinski definition) is 3. The third kappa shape index (κ3) is 4.57. The summed E-state index contributed by atoms with van der Waals surface area (Å²) in [4.78, 5) is 11.6. The maximum absolute atomic E-state index is 13.4. The Bertz CT molecular complexity index is 626. The molecule has 2 aromatic carbocycles. The van der Waals surface area contributed by atoms with E-state index < -0.39 is 5.82 Å². The highest BCUT2D eigenvalue weighted by atomic mass is 35.5. The molecule has 0 radical (unpaired) electrons. The number of carbonyl (C=O) groups is 1. The highest BCUT2D eigenvalue weighted by Crippen LogP contribution is 2.16. The Balaban J connectivity index is 1.85. The van der Waals surface area contributed by atoms with Gasteiger partial charge in [-0.3, -0.25) is 4.79 Å². The lowest BCUT2D eigenvalue weighted by Crippen LogP contribution is -2.25. The number of amides is 1. The number of halogens is 2. The van der Waals surface area contributed by atoms with Gasteiger partial charge in [-0.15, -0.1) is 0 Å². The standard InChI is InChI=1S/C15H13ClFN3O/c16-13-7-4-8-14(17)12(13)9-19-20-15(21)10-18-11-5-2-1-3-6-11/h1-9,18H,10H2,(H,20,21)/b19-9-. The highest BCUT2D eigenvalue weighted by molar-refractivity contribution is 6.33. The SMILES string of the molecule is O=C(CNc1ccccc1)N/N=C\c1c(F)cccc1Cl. The predicted octanol–water partition coefficient (Wildman–Crippen LogP) is 3.04. The molecule has 0 bridgehead atoms. The lowest BCUT2D eigenvalue weighted by atomic mass is 10.2. The van der Waals surface area contributed by atoms with Gasteiger partial charge < -0.3 is 5.32 Å². The molecule has 0 aromatic heterocycles. The van der Waals surface area contributed by atoms with Crippen LogP contribution in [-0.2, 0) is 4.79 Å². The minimum atomic E-state index is -0.497. The van der Waals surface area contributed by atoms with Gasteiger partial charge in [0.25, 0.3) is 5.91 Å². The molecule has 4 nitrogen and oxygen atoms in total. The molecule has 0 aliphatic carbocycles. The maximum atomic E-state index is 13.4. The van der Waals surface area contributed by atoms with Gasteiger partial charge in [0, 0.05) is 11.3 Å². The van der Waals surface area contributed by atoms with Crippen LogP contribution in [0.15, 0.2) is 53.6 Å². The average Bonchev–Trinajstić information content (AvgIpc) is 2.49.